The number of halogens is 2. The van der Waals surface area contributed by atoms with Crippen LogP contribution in [-0.4, -0.2) is 22.9 Å². The van der Waals surface area contributed by atoms with E-state index in [0.29, 0.717) is 4.70 Å². The van der Waals surface area contributed by atoms with Gasteiger partial charge < -0.3 is 5.32 Å². The van der Waals surface area contributed by atoms with Gasteiger partial charge in [0.25, 0.3) is 6.43 Å². The zero-order valence-electron chi connectivity index (χ0n) is 8.39. The summed E-state index contributed by atoms with van der Waals surface area (Å²) in [7, 11) is 0. The highest BCUT2D eigenvalue weighted by Gasteiger charge is 2.20. The van der Waals surface area contributed by atoms with E-state index in [1.165, 1.54) is 22.9 Å². The molecular weight excluding hydrogens is 252 g/mol. The average Bonchev–Trinajstić information content (AvgIpc) is 2.72. The third-order valence-corrected chi connectivity index (χ3v) is 2.90. The molecule has 90 valence electrons. The van der Waals surface area contributed by atoms with E-state index < -0.39 is 17.9 Å². The molecule has 0 atom stereocenters. The summed E-state index contributed by atoms with van der Waals surface area (Å²) in [6.45, 7) is -0.628. The summed E-state index contributed by atoms with van der Waals surface area (Å²) in [5.74, 6) is 0. The van der Waals surface area contributed by atoms with Crippen LogP contribution < -0.4 is 5.32 Å². The number of thiazole rings is 1. The van der Waals surface area contributed by atoms with Crippen molar-refractivity contribution in [1.29, 1.82) is 0 Å². The number of fused-ring (bicyclic) bond motifs is 1. The fraction of sp³-hybridized carbons (Fsp3) is 0.222. The van der Waals surface area contributed by atoms with E-state index in [2.05, 4.69) is 10.3 Å². The number of rotatable bonds is 4. The molecule has 0 radical (unpaired) electrons. The third-order valence-electron chi connectivity index (χ3n) is 2.11. The fourth-order valence-electron chi connectivity index (χ4n) is 1.43. The van der Waals surface area contributed by atoms with Gasteiger partial charge in [-0.15, -0.1) is 11.3 Å². The minimum Gasteiger partial charge on any atom is -0.374 e. The molecule has 5 nitrogen and oxygen atoms in total. The average molecular weight is 259 g/mol. The Morgan fingerprint density at radius 3 is 2.94 bits per heavy atom. The van der Waals surface area contributed by atoms with Gasteiger partial charge in [0.15, 0.2) is 5.52 Å². The van der Waals surface area contributed by atoms with Crippen molar-refractivity contribution in [3.05, 3.63) is 27.8 Å². The van der Waals surface area contributed by atoms with Gasteiger partial charge in [0, 0.05) is 0 Å². The molecule has 8 heteroatoms. The SMILES string of the molecule is O=[N+]([O-])c1c(NCC(F)F)ccc2scnc12. The second kappa shape index (κ2) is 4.58. The summed E-state index contributed by atoms with van der Waals surface area (Å²) >= 11 is 1.26. The van der Waals surface area contributed by atoms with Gasteiger partial charge in [0.05, 0.1) is 21.7 Å². The molecule has 1 aromatic heterocycles. The third kappa shape index (κ3) is 2.31. The highest BCUT2D eigenvalue weighted by Crippen LogP contribution is 2.34. The summed E-state index contributed by atoms with van der Waals surface area (Å²) < 4.78 is 24.8. The molecule has 0 unspecified atom stereocenters. The van der Waals surface area contributed by atoms with Gasteiger partial charge in [-0.25, -0.2) is 13.8 Å². The molecular formula is C9H7F2N3O2S. The number of benzene rings is 1. The molecule has 0 bridgehead atoms. The van der Waals surface area contributed by atoms with Gasteiger partial charge in [0.1, 0.15) is 5.69 Å². The molecule has 0 fully saturated rings. The van der Waals surface area contributed by atoms with Crippen molar-refractivity contribution < 1.29 is 13.7 Å². The number of aromatic nitrogens is 1. The van der Waals surface area contributed by atoms with Crippen LogP contribution in [0.2, 0.25) is 0 Å². The second-order valence-electron chi connectivity index (χ2n) is 3.19. The molecule has 0 aliphatic carbocycles. The molecule has 1 N–H and O–H groups in total. The van der Waals surface area contributed by atoms with Gasteiger partial charge >= 0.3 is 5.69 Å². The first kappa shape index (κ1) is 11.6. The highest BCUT2D eigenvalue weighted by atomic mass is 32.1. The maximum Gasteiger partial charge on any atom is 0.319 e. The van der Waals surface area contributed by atoms with E-state index in [0.717, 1.165) is 0 Å². The number of nitrogens with zero attached hydrogens (tertiary/aromatic N) is 2. The van der Waals surface area contributed by atoms with Crippen LogP contribution in [0, 0.1) is 10.1 Å². The molecule has 0 saturated heterocycles. The lowest BCUT2D eigenvalue weighted by molar-refractivity contribution is -0.382. The molecule has 0 aliphatic rings. The summed E-state index contributed by atoms with van der Waals surface area (Å²) in [6, 6.07) is 3.04. The molecule has 2 aromatic rings. The van der Waals surface area contributed by atoms with E-state index in [9.17, 15) is 18.9 Å². The molecule has 1 aromatic carbocycles. The number of anilines is 1. The van der Waals surface area contributed by atoms with Gasteiger partial charge in [-0.2, -0.15) is 0 Å². The Hall–Kier alpha value is -1.83. The van der Waals surface area contributed by atoms with E-state index in [-0.39, 0.29) is 16.9 Å². The Morgan fingerprint density at radius 2 is 2.29 bits per heavy atom. The maximum atomic E-state index is 12.1. The van der Waals surface area contributed by atoms with Crippen molar-refractivity contribution in [2.24, 2.45) is 0 Å². The monoisotopic (exact) mass is 259 g/mol. The zero-order chi connectivity index (χ0) is 12.4. The van der Waals surface area contributed by atoms with Crippen molar-refractivity contribution in [3.63, 3.8) is 0 Å². The minimum absolute atomic E-state index is 0.0636. The van der Waals surface area contributed by atoms with Crippen LogP contribution in [0.1, 0.15) is 0 Å². The first-order valence-electron chi connectivity index (χ1n) is 4.62. The van der Waals surface area contributed by atoms with Crippen LogP contribution in [0.15, 0.2) is 17.6 Å². The Balaban J connectivity index is 2.46. The first-order chi connectivity index (χ1) is 8.09. The van der Waals surface area contributed by atoms with Crippen LogP contribution in [-0.2, 0) is 0 Å². The largest absolute Gasteiger partial charge is 0.374 e. The standard InChI is InChI=1S/C9H7F2N3O2S/c10-7(11)3-12-5-1-2-6-8(13-4-17-6)9(5)14(15)16/h1-2,4,7,12H,3H2. The lowest BCUT2D eigenvalue weighted by Crippen LogP contribution is -2.11. The summed E-state index contributed by atoms with van der Waals surface area (Å²) in [6.07, 6.45) is -2.57. The Bertz CT molecular complexity index is 558. The Labute approximate surface area is 98.2 Å². The van der Waals surface area contributed by atoms with Crippen LogP contribution in [0.25, 0.3) is 10.2 Å². The van der Waals surface area contributed by atoms with Crippen LogP contribution in [0.3, 0.4) is 0 Å². The Morgan fingerprint density at radius 1 is 1.53 bits per heavy atom. The molecule has 1 heterocycles. The summed E-state index contributed by atoms with van der Waals surface area (Å²) in [4.78, 5) is 14.2. The van der Waals surface area contributed by atoms with Crippen molar-refractivity contribution >= 4 is 32.9 Å². The number of nitrogens with one attached hydrogen (secondary N) is 1. The van der Waals surface area contributed by atoms with E-state index >= 15 is 0 Å². The number of nitro groups is 1. The lowest BCUT2D eigenvalue weighted by atomic mass is 10.2. The van der Waals surface area contributed by atoms with Crippen molar-refractivity contribution in [3.8, 4) is 0 Å². The fourth-order valence-corrected chi connectivity index (χ4v) is 2.11. The number of hydrogen-bond acceptors (Lipinski definition) is 5. The van der Waals surface area contributed by atoms with Gasteiger partial charge in [-0.1, -0.05) is 0 Å². The molecule has 2 rings (SSSR count). The van der Waals surface area contributed by atoms with Crippen LogP contribution in [0.5, 0.6) is 0 Å². The van der Waals surface area contributed by atoms with Gasteiger partial charge in [0.2, 0.25) is 0 Å². The lowest BCUT2D eigenvalue weighted by Gasteiger charge is -2.06. The minimum atomic E-state index is -2.57. The molecule has 0 saturated carbocycles. The smallest absolute Gasteiger partial charge is 0.319 e. The zero-order valence-corrected chi connectivity index (χ0v) is 9.21. The number of hydrogen-bond donors (Lipinski definition) is 1. The van der Waals surface area contributed by atoms with Gasteiger partial charge in [-0.05, 0) is 12.1 Å². The first-order valence-corrected chi connectivity index (χ1v) is 5.50. The Kier molecular flexibility index (Phi) is 3.14. The second-order valence-corrected chi connectivity index (χ2v) is 4.08. The van der Waals surface area contributed by atoms with Crippen molar-refractivity contribution in [2.45, 2.75) is 6.43 Å². The summed E-state index contributed by atoms with van der Waals surface area (Å²) in [5, 5.41) is 13.3. The summed E-state index contributed by atoms with van der Waals surface area (Å²) in [5.41, 5.74) is 1.51. The molecule has 0 amide bonds. The number of nitro benzene ring substituents is 1. The predicted molar refractivity (Wildman–Crippen MR) is 60.8 cm³/mol. The van der Waals surface area contributed by atoms with Crippen LogP contribution in [0.4, 0.5) is 20.2 Å². The molecule has 0 spiro atoms. The number of alkyl halides is 2. The molecule has 17 heavy (non-hydrogen) atoms. The highest BCUT2D eigenvalue weighted by molar-refractivity contribution is 7.16. The van der Waals surface area contributed by atoms with E-state index in [1.807, 2.05) is 0 Å². The van der Waals surface area contributed by atoms with E-state index in [1.54, 1.807) is 6.07 Å². The van der Waals surface area contributed by atoms with Crippen molar-refractivity contribution in [1.82, 2.24) is 4.98 Å². The molecule has 0 aliphatic heterocycles. The van der Waals surface area contributed by atoms with E-state index in [4.69, 9.17) is 0 Å². The maximum absolute atomic E-state index is 12.1. The van der Waals surface area contributed by atoms with Crippen LogP contribution >= 0.6 is 11.3 Å². The predicted octanol–water partition coefficient (Wildman–Crippen LogP) is 2.88. The van der Waals surface area contributed by atoms with Gasteiger partial charge in [-0.3, -0.25) is 10.1 Å². The van der Waals surface area contributed by atoms with Crippen molar-refractivity contribution in [2.75, 3.05) is 11.9 Å². The normalized spacial score (nSPS) is 11.0. The quantitative estimate of drug-likeness (QED) is 0.677. The topological polar surface area (TPSA) is 68.1 Å².